The van der Waals surface area contributed by atoms with Crippen LogP contribution in [0.25, 0.3) is 0 Å². The van der Waals surface area contributed by atoms with E-state index in [0.717, 1.165) is 24.8 Å². The van der Waals surface area contributed by atoms with Gasteiger partial charge in [0.1, 0.15) is 12.0 Å². The molecule has 1 saturated carbocycles. The molecule has 0 aromatic carbocycles. The first-order valence-electron chi connectivity index (χ1n) is 9.91. The molecule has 0 bridgehead atoms. The molecule has 2 fully saturated rings. The zero-order chi connectivity index (χ0) is 19.1. The number of piperazine rings is 1. The maximum atomic E-state index is 12.5. The van der Waals surface area contributed by atoms with Crippen LogP contribution in [0.2, 0.25) is 0 Å². The molecule has 152 valence electrons. The quantitative estimate of drug-likeness (QED) is 0.428. The summed E-state index contributed by atoms with van der Waals surface area (Å²) in [4.78, 5) is 6.51. The Balaban J connectivity index is 1.41. The zero-order valence-electron chi connectivity index (χ0n) is 16.1. The number of sulfonamides is 1. The molecule has 9 heteroatoms. The number of hydrogen-bond donors (Lipinski definition) is 1. The lowest BCUT2D eigenvalue weighted by molar-refractivity contribution is 0.259. The maximum Gasteiger partial charge on any atom is 0.220 e. The average molecular weight is 398 g/mol. The van der Waals surface area contributed by atoms with Crippen LogP contribution in [0.15, 0.2) is 21.8 Å². The van der Waals surface area contributed by atoms with E-state index in [0.29, 0.717) is 31.9 Å². The van der Waals surface area contributed by atoms with Gasteiger partial charge >= 0.3 is 0 Å². The van der Waals surface area contributed by atoms with Gasteiger partial charge in [-0.15, -0.1) is 0 Å². The van der Waals surface area contributed by atoms with Crippen LogP contribution in [-0.4, -0.2) is 68.5 Å². The smallest absolute Gasteiger partial charge is 0.220 e. The van der Waals surface area contributed by atoms with Gasteiger partial charge in [-0.2, -0.15) is 4.31 Å². The minimum Gasteiger partial charge on any atom is -0.364 e. The summed E-state index contributed by atoms with van der Waals surface area (Å²) in [5.74, 6) is 1.67. The predicted molar refractivity (Wildman–Crippen MR) is 105 cm³/mol. The summed E-state index contributed by atoms with van der Waals surface area (Å²) in [5.41, 5.74) is 0.442. The summed E-state index contributed by atoms with van der Waals surface area (Å²) in [6.45, 7) is 3.13. The Labute approximate surface area is 162 Å². The highest BCUT2D eigenvalue weighted by molar-refractivity contribution is 7.88. The molecule has 2 aliphatic rings. The van der Waals surface area contributed by atoms with Crippen molar-refractivity contribution in [3.63, 3.8) is 0 Å². The second-order valence-electron chi connectivity index (χ2n) is 7.40. The fourth-order valence-corrected chi connectivity index (χ4v) is 5.42. The molecule has 1 saturated heterocycles. The maximum absolute atomic E-state index is 12.5. The summed E-state index contributed by atoms with van der Waals surface area (Å²) in [6.07, 6.45) is 9.41. The van der Waals surface area contributed by atoms with E-state index in [2.05, 4.69) is 20.4 Å². The third kappa shape index (κ3) is 5.68. The predicted octanol–water partition coefficient (Wildman–Crippen LogP) is 1.67. The van der Waals surface area contributed by atoms with Crippen molar-refractivity contribution in [1.29, 1.82) is 0 Å². The number of nitrogens with zero attached hydrogens (tertiary/aromatic N) is 4. The van der Waals surface area contributed by atoms with Crippen LogP contribution in [0.5, 0.6) is 0 Å². The second-order valence-corrected chi connectivity index (χ2v) is 9.37. The lowest BCUT2D eigenvalue weighted by atomic mass is 10.0. The summed E-state index contributed by atoms with van der Waals surface area (Å²) in [6, 6.07) is 1.59. The number of aliphatic imine (C=N–C) groups is 1. The molecule has 0 atom stereocenters. The lowest BCUT2D eigenvalue weighted by Gasteiger charge is -2.35. The fraction of sp³-hybridized carbons (Fsp3) is 0.778. The standard InChI is InChI=1S/C18H31N5O3S/c1-19-18(20-9-4-7-16-5-2-3-6-16)22-10-12-23(13-11-22)27(24,25)15-17-8-14-26-21-17/h8,14,16H,2-7,9-13,15H2,1H3,(H,19,20). The Morgan fingerprint density at radius 2 is 2.04 bits per heavy atom. The van der Waals surface area contributed by atoms with Gasteiger partial charge in [0.05, 0.1) is 5.69 Å². The molecular weight excluding hydrogens is 366 g/mol. The normalized spacial score (nSPS) is 20.3. The van der Waals surface area contributed by atoms with Crippen LogP contribution in [0.1, 0.15) is 44.2 Å². The molecule has 1 aliphatic heterocycles. The van der Waals surface area contributed by atoms with Crippen molar-refractivity contribution in [2.24, 2.45) is 10.9 Å². The van der Waals surface area contributed by atoms with E-state index in [1.54, 1.807) is 13.1 Å². The molecule has 1 aliphatic carbocycles. The van der Waals surface area contributed by atoms with Gasteiger partial charge in [-0.25, -0.2) is 8.42 Å². The number of guanidine groups is 1. The van der Waals surface area contributed by atoms with Crippen molar-refractivity contribution >= 4 is 16.0 Å². The molecule has 1 N–H and O–H groups in total. The third-order valence-electron chi connectivity index (χ3n) is 5.51. The Hall–Kier alpha value is -1.61. The van der Waals surface area contributed by atoms with Gasteiger partial charge in [0, 0.05) is 45.8 Å². The Bertz CT molecular complexity index is 691. The van der Waals surface area contributed by atoms with Crippen LogP contribution in [0.3, 0.4) is 0 Å². The monoisotopic (exact) mass is 397 g/mol. The first kappa shape index (κ1) is 20.1. The molecule has 0 unspecified atom stereocenters. The van der Waals surface area contributed by atoms with Crippen molar-refractivity contribution < 1.29 is 12.9 Å². The molecule has 2 heterocycles. The Morgan fingerprint density at radius 3 is 2.67 bits per heavy atom. The van der Waals surface area contributed by atoms with Crippen LogP contribution in [0.4, 0.5) is 0 Å². The molecule has 0 radical (unpaired) electrons. The van der Waals surface area contributed by atoms with Crippen molar-refractivity contribution in [3.8, 4) is 0 Å². The Morgan fingerprint density at radius 1 is 1.30 bits per heavy atom. The van der Waals surface area contributed by atoms with E-state index in [1.807, 2.05) is 0 Å². The van der Waals surface area contributed by atoms with E-state index in [9.17, 15) is 8.42 Å². The van der Waals surface area contributed by atoms with Gasteiger partial charge < -0.3 is 14.7 Å². The van der Waals surface area contributed by atoms with E-state index in [-0.39, 0.29) is 5.75 Å². The Kier molecular flexibility index (Phi) is 7.12. The molecule has 0 spiro atoms. The van der Waals surface area contributed by atoms with Crippen molar-refractivity contribution in [2.75, 3.05) is 39.8 Å². The summed E-state index contributed by atoms with van der Waals surface area (Å²) in [7, 11) is -1.58. The molecule has 8 nitrogen and oxygen atoms in total. The third-order valence-corrected chi connectivity index (χ3v) is 7.32. The number of rotatable bonds is 7. The van der Waals surface area contributed by atoms with Gasteiger partial charge in [-0.05, 0) is 18.8 Å². The van der Waals surface area contributed by atoms with E-state index in [4.69, 9.17) is 4.52 Å². The minimum atomic E-state index is -3.37. The lowest BCUT2D eigenvalue weighted by Crippen LogP contribution is -2.54. The van der Waals surface area contributed by atoms with Crippen LogP contribution >= 0.6 is 0 Å². The molecule has 0 amide bonds. The number of hydrogen-bond acceptors (Lipinski definition) is 5. The van der Waals surface area contributed by atoms with Gasteiger partial charge in [0.2, 0.25) is 10.0 Å². The fourth-order valence-electron chi connectivity index (χ4n) is 3.99. The largest absolute Gasteiger partial charge is 0.364 e. The molecular formula is C18H31N5O3S. The highest BCUT2D eigenvalue weighted by Gasteiger charge is 2.29. The van der Waals surface area contributed by atoms with Crippen molar-refractivity contribution in [3.05, 3.63) is 18.0 Å². The molecule has 27 heavy (non-hydrogen) atoms. The van der Waals surface area contributed by atoms with Crippen LogP contribution in [-0.2, 0) is 15.8 Å². The van der Waals surface area contributed by atoms with Crippen molar-refractivity contribution in [1.82, 2.24) is 19.7 Å². The van der Waals surface area contributed by atoms with Gasteiger partial charge in [0.25, 0.3) is 0 Å². The summed E-state index contributed by atoms with van der Waals surface area (Å²) < 4.78 is 31.3. The average Bonchev–Trinajstić information content (AvgIpc) is 3.36. The summed E-state index contributed by atoms with van der Waals surface area (Å²) in [5, 5.41) is 7.14. The van der Waals surface area contributed by atoms with Crippen LogP contribution in [0, 0.1) is 5.92 Å². The van der Waals surface area contributed by atoms with Gasteiger partial charge in [-0.3, -0.25) is 4.99 Å². The van der Waals surface area contributed by atoms with Crippen LogP contribution < -0.4 is 5.32 Å². The van der Waals surface area contributed by atoms with Crippen molar-refractivity contribution in [2.45, 2.75) is 44.3 Å². The van der Waals surface area contributed by atoms with Gasteiger partial charge in [0.15, 0.2) is 5.96 Å². The van der Waals surface area contributed by atoms with Gasteiger partial charge in [-0.1, -0.05) is 30.8 Å². The first-order valence-corrected chi connectivity index (χ1v) is 11.5. The highest BCUT2D eigenvalue weighted by Crippen LogP contribution is 2.28. The minimum absolute atomic E-state index is 0.113. The first-order chi connectivity index (χ1) is 13.1. The van der Waals surface area contributed by atoms with E-state index in [1.165, 1.54) is 42.7 Å². The molecule has 1 aromatic rings. The zero-order valence-corrected chi connectivity index (χ0v) is 17.0. The van der Waals surface area contributed by atoms with E-state index < -0.39 is 10.0 Å². The molecule has 3 rings (SSSR count). The summed E-state index contributed by atoms with van der Waals surface area (Å²) >= 11 is 0. The number of nitrogens with one attached hydrogen (secondary N) is 1. The molecule has 1 aromatic heterocycles. The SMILES string of the molecule is CN=C(NCCCC1CCCC1)N1CCN(S(=O)(=O)Cc2ccon2)CC1. The van der Waals surface area contributed by atoms with E-state index >= 15 is 0 Å². The second kappa shape index (κ2) is 9.54. The number of aromatic nitrogens is 1. The highest BCUT2D eigenvalue weighted by atomic mass is 32.2. The topological polar surface area (TPSA) is 91.0 Å².